The Balaban J connectivity index is 1.66. The summed E-state index contributed by atoms with van der Waals surface area (Å²) in [6, 6.07) is 11.3. The number of amides is 1. The van der Waals surface area contributed by atoms with E-state index in [0.29, 0.717) is 43.1 Å². The van der Waals surface area contributed by atoms with Gasteiger partial charge in [-0.1, -0.05) is 12.7 Å². The summed E-state index contributed by atoms with van der Waals surface area (Å²) >= 11 is 0. The van der Waals surface area contributed by atoms with E-state index in [1.165, 1.54) is 29.2 Å². The van der Waals surface area contributed by atoms with Gasteiger partial charge >= 0.3 is 0 Å². The largest absolute Gasteiger partial charge is 0.507 e. The second-order valence-electron chi connectivity index (χ2n) is 8.77. The molecular formula is C27H29N3O7. The minimum atomic E-state index is -0.873. The highest BCUT2D eigenvalue weighted by atomic mass is 16.6. The van der Waals surface area contributed by atoms with Crippen LogP contribution in [0.4, 0.5) is 5.69 Å². The zero-order valence-electron chi connectivity index (χ0n) is 20.4. The van der Waals surface area contributed by atoms with Crippen LogP contribution in [0.25, 0.3) is 5.76 Å². The maximum atomic E-state index is 13.2. The zero-order chi connectivity index (χ0) is 26.4. The molecule has 2 aliphatic rings. The summed E-state index contributed by atoms with van der Waals surface area (Å²) in [5.74, 6) is -1.25. The number of Topliss-reactive ketones (excluding diaryl/α,β-unsaturated/α-hetero) is 1. The lowest BCUT2D eigenvalue weighted by molar-refractivity contribution is -0.384. The minimum Gasteiger partial charge on any atom is -0.507 e. The van der Waals surface area contributed by atoms with Gasteiger partial charge in [0.05, 0.1) is 29.8 Å². The first-order valence-corrected chi connectivity index (χ1v) is 12.1. The first kappa shape index (κ1) is 26.1. The van der Waals surface area contributed by atoms with Crippen LogP contribution in [-0.4, -0.2) is 77.5 Å². The molecule has 1 atom stereocenters. The molecule has 10 nitrogen and oxygen atoms in total. The molecule has 194 valence electrons. The third-order valence-corrected chi connectivity index (χ3v) is 6.43. The summed E-state index contributed by atoms with van der Waals surface area (Å²) in [6.07, 6.45) is 2.23. The molecule has 0 bridgehead atoms. The third kappa shape index (κ3) is 5.87. The van der Waals surface area contributed by atoms with Gasteiger partial charge in [0.2, 0.25) is 0 Å². The van der Waals surface area contributed by atoms with Crippen molar-refractivity contribution in [2.24, 2.45) is 0 Å². The molecule has 4 rings (SSSR count). The monoisotopic (exact) mass is 507 g/mol. The van der Waals surface area contributed by atoms with Crippen molar-refractivity contribution >= 4 is 23.1 Å². The van der Waals surface area contributed by atoms with Gasteiger partial charge in [-0.05, 0) is 48.4 Å². The van der Waals surface area contributed by atoms with Crippen molar-refractivity contribution in [3.05, 3.63) is 88.0 Å². The normalized spacial score (nSPS) is 19.7. The number of ketones is 1. The number of rotatable bonds is 10. The number of hydrogen-bond donors (Lipinski definition) is 1. The molecule has 37 heavy (non-hydrogen) atoms. The van der Waals surface area contributed by atoms with Gasteiger partial charge in [0.15, 0.2) is 0 Å². The van der Waals surface area contributed by atoms with Crippen LogP contribution >= 0.6 is 0 Å². The van der Waals surface area contributed by atoms with Crippen LogP contribution in [0, 0.1) is 10.1 Å². The topological polar surface area (TPSA) is 122 Å². The first-order chi connectivity index (χ1) is 17.9. The number of hydrogen-bond acceptors (Lipinski definition) is 8. The average molecular weight is 508 g/mol. The zero-order valence-corrected chi connectivity index (χ0v) is 20.4. The molecule has 2 aromatic rings. The number of morpholine rings is 1. The van der Waals surface area contributed by atoms with E-state index in [-0.39, 0.29) is 23.6 Å². The molecule has 2 aliphatic heterocycles. The summed E-state index contributed by atoms with van der Waals surface area (Å²) in [7, 11) is 0. The van der Waals surface area contributed by atoms with E-state index in [4.69, 9.17) is 9.47 Å². The molecule has 1 amide bonds. The van der Waals surface area contributed by atoms with Crippen molar-refractivity contribution in [1.29, 1.82) is 0 Å². The molecule has 0 aromatic heterocycles. The molecule has 1 unspecified atom stereocenters. The maximum absolute atomic E-state index is 13.2. The van der Waals surface area contributed by atoms with Gasteiger partial charge in [-0.15, -0.1) is 0 Å². The van der Waals surface area contributed by atoms with Gasteiger partial charge < -0.3 is 19.5 Å². The lowest BCUT2D eigenvalue weighted by Gasteiger charge is -2.29. The highest BCUT2D eigenvalue weighted by Crippen LogP contribution is 2.40. The minimum absolute atomic E-state index is 0.0509. The van der Waals surface area contributed by atoms with Gasteiger partial charge in [0, 0.05) is 43.9 Å². The predicted octanol–water partition coefficient (Wildman–Crippen LogP) is 3.30. The number of benzene rings is 2. The fourth-order valence-electron chi connectivity index (χ4n) is 4.54. The van der Waals surface area contributed by atoms with Gasteiger partial charge in [0.25, 0.3) is 17.4 Å². The fourth-order valence-corrected chi connectivity index (χ4v) is 4.54. The smallest absolute Gasteiger partial charge is 0.295 e. The Morgan fingerprint density at radius 1 is 1.11 bits per heavy atom. The fraction of sp³-hybridized carbons (Fsp3) is 0.333. The number of non-ortho nitro benzene ring substituents is 1. The highest BCUT2D eigenvalue weighted by Gasteiger charge is 2.45. The number of nitrogens with zero attached hydrogens (tertiary/aromatic N) is 3. The SMILES string of the molecule is C=CCOc1ccc(/C(O)=C2\C(=O)C(=O)N(CCCN3CCOCC3)C2c2ccc([N+](=O)[O-])cc2)cc1. The average Bonchev–Trinajstić information content (AvgIpc) is 3.17. The lowest BCUT2D eigenvalue weighted by atomic mass is 9.95. The van der Waals surface area contributed by atoms with Gasteiger partial charge in [-0.2, -0.15) is 0 Å². The van der Waals surface area contributed by atoms with E-state index in [1.807, 2.05) is 0 Å². The van der Waals surface area contributed by atoms with Crippen molar-refractivity contribution in [1.82, 2.24) is 9.80 Å². The molecule has 2 aromatic carbocycles. The van der Waals surface area contributed by atoms with Crippen LogP contribution < -0.4 is 4.74 Å². The second-order valence-corrected chi connectivity index (χ2v) is 8.77. The van der Waals surface area contributed by atoms with Crippen LogP contribution in [0.1, 0.15) is 23.6 Å². The number of aliphatic hydroxyl groups excluding tert-OH is 1. The molecule has 10 heteroatoms. The Morgan fingerprint density at radius 2 is 1.78 bits per heavy atom. The van der Waals surface area contributed by atoms with Gasteiger partial charge in [0.1, 0.15) is 18.1 Å². The maximum Gasteiger partial charge on any atom is 0.295 e. The number of carbonyl (C=O) groups is 2. The molecule has 0 saturated carbocycles. The van der Waals surface area contributed by atoms with Crippen molar-refractivity contribution in [2.45, 2.75) is 12.5 Å². The number of nitro groups is 1. The van der Waals surface area contributed by atoms with E-state index >= 15 is 0 Å². The summed E-state index contributed by atoms with van der Waals surface area (Å²) in [4.78, 5) is 40.6. The van der Waals surface area contributed by atoms with E-state index in [0.717, 1.165) is 19.6 Å². The van der Waals surface area contributed by atoms with E-state index in [9.17, 15) is 24.8 Å². The van der Waals surface area contributed by atoms with E-state index in [2.05, 4.69) is 11.5 Å². The summed E-state index contributed by atoms with van der Waals surface area (Å²) in [5, 5.41) is 22.3. The Kier molecular flexibility index (Phi) is 8.32. The van der Waals surface area contributed by atoms with E-state index in [1.54, 1.807) is 30.3 Å². The third-order valence-electron chi connectivity index (χ3n) is 6.43. The van der Waals surface area contributed by atoms with Crippen molar-refractivity contribution in [3.63, 3.8) is 0 Å². The Hall–Kier alpha value is -4.02. The van der Waals surface area contributed by atoms with Gasteiger partial charge in [-0.3, -0.25) is 24.6 Å². The summed E-state index contributed by atoms with van der Waals surface area (Å²) in [6.45, 7) is 7.86. The van der Waals surface area contributed by atoms with E-state index < -0.39 is 22.7 Å². The van der Waals surface area contributed by atoms with Gasteiger partial charge in [-0.25, -0.2) is 0 Å². The number of carbonyl (C=O) groups excluding carboxylic acids is 2. The van der Waals surface area contributed by atoms with Crippen LogP contribution in [-0.2, 0) is 14.3 Å². The molecule has 2 heterocycles. The highest BCUT2D eigenvalue weighted by molar-refractivity contribution is 6.46. The molecule has 0 spiro atoms. The lowest BCUT2D eigenvalue weighted by Crippen LogP contribution is -2.38. The van der Waals surface area contributed by atoms with Crippen LogP contribution in [0.3, 0.4) is 0 Å². The number of nitro benzene ring substituents is 1. The van der Waals surface area contributed by atoms with Crippen molar-refractivity contribution in [2.75, 3.05) is 46.0 Å². The molecule has 0 radical (unpaired) electrons. The summed E-state index contributed by atoms with van der Waals surface area (Å²) < 4.78 is 10.9. The number of ether oxygens (including phenoxy) is 2. The molecule has 2 saturated heterocycles. The molecule has 0 aliphatic carbocycles. The molecule has 2 fully saturated rings. The van der Waals surface area contributed by atoms with Crippen molar-refractivity contribution in [3.8, 4) is 5.75 Å². The number of aliphatic hydroxyl groups is 1. The molecule has 1 N–H and O–H groups in total. The van der Waals surface area contributed by atoms with Crippen LogP contribution in [0.2, 0.25) is 0 Å². The van der Waals surface area contributed by atoms with Crippen molar-refractivity contribution < 1.29 is 29.1 Å². The Labute approximate surface area is 214 Å². The molecular weight excluding hydrogens is 478 g/mol. The van der Waals surface area contributed by atoms with Crippen LogP contribution in [0.15, 0.2) is 66.8 Å². The standard InChI is InChI=1S/C27H29N3O7/c1-2-16-37-22-10-6-20(7-11-22)25(31)23-24(19-4-8-21(9-5-19)30(34)35)29(27(33)26(23)32)13-3-12-28-14-17-36-18-15-28/h2,4-11,24,31H,1,3,12-18H2/b25-23+. The number of likely N-dealkylation sites (tertiary alicyclic amines) is 1. The van der Waals surface area contributed by atoms with Crippen LogP contribution in [0.5, 0.6) is 5.75 Å². The quantitative estimate of drug-likeness (QED) is 0.130. The second kappa shape index (κ2) is 11.8. The Morgan fingerprint density at radius 3 is 2.41 bits per heavy atom. The first-order valence-electron chi connectivity index (χ1n) is 12.1. The predicted molar refractivity (Wildman–Crippen MR) is 136 cm³/mol. The summed E-state index contributed by atoms with van der Waals surface area (Å²) in [5.41, 5.74) is 0.695. The Bertz CT molecular complexity index is 1190.